The third-order valence-electron chi connectivity index (χ3n) is 2.89. The molecule has 1 aromatic rings. The standard InChI is InChI=1S/C15H20N8O2/c1-21-7-22-14(19)8-4-3-5-9(13(8)25-2)23-10(6-11(16)17)12(18)15(20)24/h3-7,18,23H,1-2H3,(H3,16,17)(H2,20,24)(H2,19,21,22)/b10-6+,18-12?. The number of benzene rings is 1. The van der Waals surface area contributed by atoms with Gasteiger partial charge in [-0.25, -0.2) is 4.99 Å². The average molecular weight is 344 g/mol. The first kappa shape index (κ1) is 19.4. The monoisotopic (exact) mass is 344 g/mol. The van der Waals surface area contributed by atoms with E-state index in [0.29, 0.717) is 17.0 Å². The maximum Gasteiger partial charge on any atom is 0.268 e. The predicted octanol–water partition coefficient (Wildman–Crippen LogP) is -0.205. The van der Waals surface area contributed by atoms with Crippen molar-refractivity contribution in [3.63, 3.8) is 0 Å². The van der Waals surface area contributed by atoms with E-state index in [1.165, 1.54) is 13.4 Å². The largest absolute Gasteiger partial charge is 0.494 e. The van der Waals surface area contributed by atoms with Crippen molar-refractivity contribution in [1.82, 2.24) is 0 Å². The van der Waals surface area contributed by atoms with Crippen LogP contribution in [0.25, 0.3) is 0 Å². The summed E-state index contributed by atoms with van der Waals surface area (Å²) < 4.78 is 5.36. The van der Waals surface area contributed by atoms with Gasteiger partial charge >= 0.3 is 0 Å². The molecule has 0 radical (unpaired) electrons. The Labute approximate surface area is 144 Å². The molecule has 0 atom stereocenters. The molecule has 0 aliphatic carbocycles. The topological polar surface area (TPSA) is 189 Å². The Balaban J connectivity index is 3.39. The molecule has 0 fully saturated rings. The first-order chi connectivity index (χ1) is 11.8. The van der Waals surface area contributed by atoms with Crippen molar-refractivity contribution in [3.05, 3.63) is 35.5 Å². The Hall–Kier alpha value is -3.69. The number of anilines is 1. The van der Waals surface area contributed by atoms with E-state index >= 15 is 0 Å². The zero-order chi connectivity index (χ0) is 19.0. The SMILES string of the molecule is CN=CN=C(N)c1cccc(N/C(=C/C(=N)N)C(=N)C(N)=O)c1OC. The van der Waals surface area contributed by atoms with Crippen molar-refractivity contribution in [2.45, 2.75) is 0 Å². The average Bonchev–Trinajstić information content (AvgIpc) is 2.57. The van der Waals surface area contributed by atoms with E-state index in [4.69, 9.17) is 32.8 Å². The van der Waals surface area contributed by atoms with Crippen LogP contribution in [0.1, 0.15) is 5.56 Å². The van der Waals surface area contributed by atoms with Crippen LogP contribution >= 0.6 is 0 Å². The molecule has 132 valence electrons. The second kappa shape index (κ2) is 8.82. The zero-order valence-electron chi connectivity index (χ0n) is 13.8. The van der Waals surface area contributed by atoms with E-state index < -0.39 is 11.6 Å². The normalized spacial score (nSPS) is 12.1. The van der Waals surface area contributed by atoms with Crippen LogP contribution in [-0.4, -0.2) is 43.8 Å². The maximum absolute atomic E-state index is 11.3. The molecule has 0 aromatic heterocycles. The van der Waals surface area contributed by atoms with Crippen LogP contribution in [0.3, 0.4) is 0 Å². The highest BCUT2D eigenvalue weighted by atomic mass is 16.5. The lowest BCUT2D eigenvalue weighted by Crippen LogP contribution is -2.28. The van der Waals surface area contributed by atoms with Crippen molar-refractivity contribution in [2.75, 3.05) is 19.5 Å². The summed E-state index contributed by atoms with van der Waals surface area (Å²) in [6, 6.07) is 4.98. The molecule has 1 aromatic carbocycles. The minimum atomic E-state index is -0.977. The summed E-state index contributed by atoms with van der Waals surface area (Å²) in [6.45, 7) is 0. The van der Waals surface area contributed by atoms with Gasteiger partial charge in [-0.3, -0.25) is 20.6 Å². The van der Waals surface area contributed by atoms with Crippen molar-refractivity contribution < 1.29 is 9.53 Å². The third-order valence-corrected chi connectivity index (χ3v) is 2.89. The van der Waals surface area contributed by atoms with Crippen LogP contribution in [0.2, 0.25) is 0 Å². The number of para-hydroxylation sites is 1. The van der Waals surface area contributed by atoms with Crippen LogP contribution in [-0.2, 0) is 4.79 Å². The van der Waals surface area contributed by atoms with Gasteiger partial charge < -0.3 is 27.3 Å². The highest BCUT2D eigenvalue weighted by Gasteiger charge is 2.17. The summed E-state index contributed by atoms with van der Waals surface area (Å²) in [5.74, 6) is -0.854. The number of methoxy groups -OCH3 is 1. The number of amidine groups is 2. The van der Waals surface area contributed by atoms with Crippen LogP contribution in [0, 0.1) is 10.8 Å². The van der Waals surface area contributed by atoms with Crippen molar-refractivity contribution in [3.8, 4) is 5.75 Å². The van der Waals surface area contributed by atoms with Gasteiger partial charge in [-0.1, -0.05) is 6.07 Å². The summed E-state index contributed by atoms with van der Waals surface area (Å²) >= 11 is 0. The van der Waals surface area contributed by atoms with E-state index in [1.807, 2.05) is 0 Å². The molecule has 0 unspecified atom stereocenters. The lowest BCUT2D eigenvalue weighted by atomic mass is 10.1. The van der Waals surface area contributed by atoms with Crippen molar-refractivity contribution in [2.24, 2.45) is 27.2 Å². The minimum absolute atomic E-state index is 0.0546. The predicted molar refractivity (Wildman–Crippen MR) is 98.7 cm³/mol. The Kier molecular flexibility index (Phi) is 6.83. The maximum atomic E-state index is 11.3. The molecule has 25 heavy (non-hydrogen) atoms. The summed E-state index contributed by atoms with van der Waals surface area (Å²) in [6.07, 6.45) is 2.39. The molecule has 1 amide bonds. The Morgan fingerprint density at radius 3 is 2.48 bits per heavy atom. The molecule has 0 spiro atoms. The first-order valence-electron chi connectivity index (χ1n) is 6.94. The molecule has 0 heterocycles. The fraction of sp³-hybridized carbons (Fsp3) is 0.133. The number of nitrogens with two attached hydrogens (primary N) is 3. The molecule has 10 nitrogen and oxygen atoms in total. The van der Waals surface area contributed by atoms with Gasteiger partial charge in [-0.05, 0) is 12.1 Å². The van der Waals surface area contributed by atoms with Crippen LogP contribution in [0.5, 0.6) is 5.75 Å². The second-order valence-electron chi connectivity index (χ2n) is 4.65. The quantitative estimate of drug-likeness (QED) is 0.280. The van der Waals surface area contributed by atoms with E-state index in [9.17, 15) is 4.79 Å². The zero-order valence-corrected chi connectivity index (χ0v) is 13.8. The Bertz CT molecular complexity index is 780. The highest BCUT2D eigenvalue weighted by molar-refractivity contribution is 6.44. The molecule has 10 heteroatoms. The third kappa shape index (κ3) is 5.16. The lowest BCUT2D eigenvalue weighted by Gasteiger charge is -2.16. The number of amides is 1. The number of primary amides is 1. The Morgan fingerprint density at radius 1 is 1.28 bits per heavy atom. The summed E-state index contributed by atoms with van der Waals surface area (Å²) in [5, 5.41) is 17.9. The van der Waals surface area contributed by atoms with Crippen LogP contribution < -0.4 is 27.3 Å². The van der Waals surface area contributed by atoms with Gasteiger partial charge in [0.05, 0.1) is 24.1 Å². The molecular formula is C15H20N8O2. The molecule has 0 saturated carbocycles. The smallest absolute Gasteiger partial charge is 0.268 e. The number of rotatable bonds is 8. The molecule has 1 rings (SSSR count). The molecule has 0 aliphatic heterocycles. The van der Waals surface area contributed by atoms with Gasteiger partial charge in [0.2, 0.25) is 0 Å². The van der Waals surface area contributed by atoms with Crippen LogP contribution in [0.4, 0.5) is 5.69 Å². The molecule has 9 N–H and O–H groups in total. The first-order valence-corrected chi connectivity index (χ1v) is 6.94. The fourth-order valence-electron chi connectivity index (χ4n) is 1.85. The molecule has 0 saturated heterocycles. The second-order valence-corrected chi connectivity index (χ2v) is 4.65. The van der Waals surface area contributed by atoms with E-state index in [2.05, 4.69) is 15.3 Å². The number of nitrogens with zero attached hydrogens (tertiary/aromatic N) is 2. The number of hydrogen-bond donors (Lipinski definition) is 6. The summed E-state index contributed by atoms with van der Waals surface area (Å²) in [5.41, 5.74) is 16.6. The van der Waals surface area contributed by atoms with Gasteiger partial charge in [-0.2, -0.15) is 0 Å². The number of nitrogens with one attached hydrogen (secondary N) is 3. The summed E-state index contributed by atoms with van der Waals surface area (Å²) in [7, 11) is 2.99. The van der Waals surface area contributed by atoms with E-state index in [1.54, 1.807) is 25.2 Å². The van der Waals surface area contributed by atoms with Gasteiger partial charge in [0.25, 0.3) is 5.91 Å². The molecule has 0 aliphatic rings. The van der Waals surface area contributed by atoms with Crippen molar-refractivity contribution >= 4 is 35.3 Å². The lowest BCUT2D eigenvalue weighted by molar-refractivity contribution is -0.112. The number of hydrogen-bond acceptors (Lipinski definition) is 6. The van der Waals surface area contributed by atoms with Gasteiger partial charge in [-0.15, -0.1) is 0 Å². The van der Waals surface area contributed by atoms with Gasteiger partial charge in [0.15, 0.2) is 5.75 Å². The summed E-state index contributed by atoms with van der Waals surface area (Å²) in [4.78, 5) is 19.0. The van der Waals surface area contributed by atoms with Crippen molar-refractivity contribution in [1.29, 1.82) is 10.8 Å². The number of ether oxygens (including phenoxy) is 1. The number of carbonyl (C=O) groups excluding carboxylic acids is 1. The number of carbonyl (C=O) groups is 1. The fourth-order valence-corrected chi connectivity index (χ4v) is 1.85. The minimum Gasteiger partial charge on any atom is -0.494 e. The number of aliphatic imine (C=N–C) groups is 2. The Morgan fingerprint density at radius 2 is 1.96 bits per heavy atom. The molecule has 0 bridgehead atoms. The van der Waals surface area contributed by atoms with E-state index in [-0.39, 0.29) is 17.4 Å². The molecular weight excluding hydrogens is 324 g/mol. The van der Waals surface area contributed by atoms with Crippen LogP contribution in [0.15, 0.2) is 40.0 Å². The van der Waals surface area contributed by atoms with E-state index in [0.717, 1.165) is 6.08 Å². The van der Waals surface area contributed by atoms with Gasteiger partial charge in [0, 0.05) is 13.1 Å². The van der Waals surface area contributed by atoms with Gasteiger partial charge in [0.1, 0.15) is 23.7 Å². The highest BCUT2D eigenvalue weighted by Crippen LogP contribution is 2.29.